The second-order valence-electron chi connectivity index (χ2n) is 8.18. The number of rotatable bonds is 5. The molecule has 3 aliphatic rings. The van der Waals surface area contributed by atoms with Gasteiger partial charge in [-0.25, -0.2) is 4.39 Å². The first kappa shape index (κ1) is 20.0. The molecular weight excluding hydrogens is 375 g/mol. The maximum atomic E-state index is 14.2. The molecule has 3 aliphatic heterocycles. The van der Waals surface area contributed by atoms with Crippen LogP contribution in [0.3, 0.4) is 0 Å². The third kappa shape index (κ3) is 3.46. The number of ether oxygens (including phenoxy) is 2. The molecule has 7 heteroatoms. The molecule has 0 amide bonds. The molecule has 29 heavy (non-hydrogen) atoms. The fourth-order valence-corrected chi connectivity index (χ4v) is 4.97. The number of hydrogen-bond acceptors (Lipinski definition) is 6. The Morgan fingerprint density at radius 3 is 2.83 bits per heavy atom. The SMILES string of the molecule is COc1ccc2nccc([C@H](OC(C)=O)[C@@H]3C[C@@H]4CCN3C[C@@]4(O)C(C)F)c2c1. The van der Waals surface area contributed by atoms with E-state index in [0.29, 0.717) is 12.2 Å². The van der Waals surface area contributed by atoms with Crippen molar-refractivity contribution in [3.8, 4) is 5.75 Å². The fraction of sp³-hybridized carbons (Fsp3) is 0.545. The lowest BCUT2D eigenvalue weighted by atomic mass is 9.69. The molecule has 5 rings (SSSR count). The fourth-order valence-electron chi connectivity index (χ4n) is 4.97. The molecule has 0 spiro atoms. The molecule has 1 aromatic heterocycles. The number of aromatic nitrogens is 1. The summed E-state index contributed by atoms with van der Waals surface area (Å²) in [6.45, 7) is 3.80. The Balaban J connectivity index is 1.76. The normalized spacial score (nSPS) is 30.7. The first-order chi connectivity index (χ1) is 13.8. The molecule has 6 atom stereocenters. The Kier molecular flexibility index (Phi) is 5.21. The van der Waals surface area contributed by atoms with E-state index in [1.165, 1.54) is 13.8 Å². The van der Waals surface area contributed by atoms with Gasteiger partial charge in [-0.15, -0.1) is 0 Å². The lowest BCUT2D eigenvalue weighted by molar-refractivity contribution is -0.187. The lowest BCUT2D eigenvalue weighted by Crippen LogP contribution is -2.67. The number of esters is 1. The Morgan fingerprint density at radius 1 is 1.41 bits per heavy atom. The highest BCUT2D eigenvalue weighted by Gasteiger charge is 2.54. The number of alkyl halides is 1. The van der Waals surface area contributed by atoms with Crippen LogP contribution >= 0.6 is 0 Å². The van der Waals surface area contributed by atoms with E-state index in [0.717, 1.165) is 29.4 Å². The van der Waals surface area contributed by atoms with Crippen LogP contribution in [-0.2, 0) is 9.53 Å². The molecule has 0 radical (unpaired) electrons. The van der Waals surface area contributed by atoms with E-state index in [9.17, 15) is 14.3 Å². The van der Waals surface area contributed by atoms with Gasteiger partial charge in [0.25, 0.3) is 0 Å². The number of piperidine rings is 3. The number of nitrogens with zero attached hydrogens (tertiary/aromatic N) is 2. The maximum absolute atomic E-state index is 14.2. The minimum atomic E-state index is -1.35. The van der Waals surface area contributed by atoms with Gasteiger partial charge in [-0.05, 0) is 56.5 Å². The van der Waals surface area contributed by atoms with Crippen LogP contribution in [0.5, 0.6) is 5.75 Å². The first-order valence-corrected chi connectivity index (χ1v) is 10.0. The van der Waals surface area contributed by atoms with E-state index in [-0.39, 0.29) is 24.5 Å². The van der Waals surface area contributed by atoms with E-state index >= 15 is 0 Å². The number of benzene rings is 1. The van der Waals surface area contributed by atoms with Gasteiger partial charge >= 0.3 is 5.97 Å². The molecule has 1 aromatic carbocycles. The molecule has 156 valence electrons. The minimum absolute atomic E-state index is 0.131. The summed E-state index contributed by atoms with van der Waals surface area (Å²) in [4.78, 5) is 18.5. The van der Waals surface area contributed by atoms with E-state index in [1.54, 1.807) is 13.3 Å². The third-order valence-electron chi connectivity index (χ3n) is 6.54. The van der Waals surface area contributed by atoms with Crippen LogP contribution in [0.4, 0.5) is 4.39 Å². The van der Waals surface area contributed by atoms with Gasteiger partial charge < -0.3 is 14.6 Å². The zero-order valence-corrected chi connectivity index (χ0v) is 17.0. The molecule has 2 unspecified atom stereocenters. The van der Waals surface area contributed by atoms with Crippen LogP contribution in [0.15, 0.2) is 30.5 Å². The smallest absolute Gasteiger partial charge is 0.303 e. The third-order valence-corrected chi connectivity index (χ3v) is 6.54. The summed E-state index contributed by atoms with van der Waals surface area (Å²) in [5, 5.41) is 11.7. The number of pyridine rings is 1. The number of halogens is 1. The highest BCUT2D eigenvalue weighted by atomic mass is 19.1. The molecule has 3 saturated heterocycles. The highest BCUT2D eigenvalue weighted by molar-refractivity contribution is 5.84. The Hall–Kier alpha value is -2.25. The summed E-state index contributed by atoms with van der Waals surface area (Å²) in [6, 6.07) is 7.34. The monoisotopic (exact) mass is 402 g/mol. The molecule has 3 fully saturated rings. The van der Waals surface area contributed by atoms with E-state index < -0.39 is 17.9 Å². The van der Waals surface area contributed by atoms with Gasteiger partial charge in [0.05, 0.1) is 18.7 Å². The minimum Gasteiger partial charge on any atom is -0.497 e. The summed E-state index contributed by atoms with van der Waals surface area (Å²) in [5.74, 6) is 0.150. The summed E-state index contributed by atoms with van der Waals surface area (Å²) in [7, 11) is 1.60. The Bertz CT molecular complexity index is 921. The second kappa shape index (κ2) is 7.54. The van der Waals surface area contributed by atoms with Crippen molar-refractivity contribution in [3.63, 3.8) is 0 Å². The van der Waals surface area contributed by atoms with Gasteiger partial charge in [-0.3, -0.25) is 14.7 Å². The molecular formula is C22H27FN2O4. The first-order valence-electron chi connectivity index (χ1n) is 10.0. The molecule has 0 saturated carbocycles. The Morgan fingerprint density at radius 2 is 2.21 bits per heavy atom. The number of fused-ring (bicyclic) bond motifs is 4. The molecule has 4 heterocycles. The quantitative estimate of drug-likeness (QED) is 0.775. The van der Waals surface area contributed by atoms with Crippen molar-refractivity contribution in [3.05, 3.63) is 36.0 Å². The predicted molar refractivity (Wildman–Crippen MR) is 106 cm³/mol. The average Bonchev–Trinajstić information content (AvgIpc) is 2.71. The van der Waals surface area contributed by atoms with Crippen LogP contribution in [-0.4, -0.2) is 59.0 Å². The summed E-state index contributed by atoms with van der Waals surface area (Å²) in [5.41, 5.74) is 0.280. The van der Waals surface area contributed by atoms with Crippen molar-refractivity contribution in [2.45, 2.75) is 50.6 Å². The van der Waals surface area contributed by atoms with E-state index in [4.69, 9.17) is 9.47 Å². The topological polar surface area (TPSA) is 71.9 Å². The van der Waals surface area contributed by atoms with Crippen molar-refractivity contribution >= 4 is 16.9 Å². The molecule has 0 aliphatic carbocycles. The lowest BCUT2D eigenvalue weighted by Gasteiger charge is -2.56. The van der Waals surface area contributed by atoms with Gasteiger partial charge in [-0.2, -0.15) is 0 Å². The molecule has 2 bridgehead atoms. The van der Waals surface area contributed by atoms with Gasteiger partial charge in [0.15, 0.2) is 0 Å². The van der Waals surface area contributed by atoms with Crippen LogP contribution in [0.2, 0.25) is 0 Å². The Labute approximate surface area is 169 Å². The van der Waals surface area contributed by atoms with Gasteiger partial charge in [-0.1, -0.05) is 0 Å². The summed E-state index contributed by atoms with van der Waals surface area (Å²) in [6.07, 6.45) is 1.16. The number of methoxy groups -OCH3 is 1. The van der Waals surface area contributed by atoms with Gasteiger partial charge in [0.1, 0.15) is 23.6 Å². The zero-order chi connectivity index (χ0) is 20.8. The van der Waals surface area contributed by atoms with Gasteiger partial charge in [0, 0.05) is 30.6 Å². The molecule has 2 aromatic rings. The van der Waals surface area contributed by atoms with Crippen LogP contribution in [0, 0.1) is 5.92 Å². The van der Waals surface area contributed by atoms with Crippen molar-refractivity contribution in [1.29, 1.82) is 0 Å². The average molecular weight is 402 g/mol. The maximum Gasteiger partial charge on any atom is 0.303 e. The van der Waals surface area contributed by atoms with Crippen LogP contribution in [0.1, 0.15) is 38.4 Å². The van der Waals surface area contributed by atoms with Crippen molar-refractivity contribution in [1.82, 2.24) is 9.88 Å². The van der Waals surface area contributed by atoms with Gasteiger partial charge in [0.2, 0.25) is 0 Å². The van der Waals surface area contributed by atoms with Crippen LogP contribution in [0.25, 0.3) is 10.9 Å². The molecule has 1 N–H and O–H groups in total. The zero-order valence-electron chi connectivity index (χ0n) is 17.0. The van der Waals surface area contributed by atoms with Crippen molar-refractivity contribution < 1.29 is 23.8 Å². The van der Waals surface area contributed by atoms with Crippen molar-refractivity contribution in [2.24, 2.45) is 5.92 Å². The number of carbonyl (C=O) groups is 1. The standard InChI is InChI=1S/C22H27FN2O4/c1-13(23)22(27)12-25-9-7-15(22)10-20(25)21(29-14(2)26)17-6-8-24-19-5-4-16(28-3)11-18(17)19/h4-6,8,11,13,15,20-21,27H,7,9-10,12H2,1-3H3/t13?,15-,20-,21-,22+/m0/s1. The predicted octanol–water partition coefficient (Wildman–Crippen LogP) is 3.03. The number of hydrogen-bond donors (Lipinski definition) is 1. The van der Waals surface area contributed by atoms with Crippen molar-refractivity contribution in [2.75, 3.05) is 20.2 Å². The van der Waals surface area contributed by atoms with Crippen LogP contribution < -0.4 is 4.74 Å². The van der Waals surface area contributed by atoms with E-state index in [1.807, 2.05) is 24.3 Å². The molecule has 6 nitrogen and oxygen atoms in total. The second-order valence-corrected chi connectivity index (χ2v) is 8.18. The largest absolute Gasteiger partial charge is 0.497 e. The number of aliphatic hydroxyl groups is 1. The highest BCUT2D eigenvalue weighted by Crippen LogP contribution is 2.46. The summed E-state index contributed by atoms with van der Waals surface area (Å²) >= 11 is 0. The summed E-state index contributed by atoms with van der Waals surface area (Å²) < 4.78 is 25.4. The number of carbonyl (C=O) groups excluding carboxylic acids is 1. The van der Waals surface area contributed by atoms with E-state index in [2.05, 4.69) is 9.88 Å².